The second kappa shape index (κ2) is 8.35. The maximum atomic E-state index is 13.4. The molecule has 8 heteroatoms. The number of hydrogen-bond acceptors (Lipinski definition) is 5. The highest BCUT2D eigenvalue weighted by molar-refractivity contribution is 5.93. The predicted molar refractivity (Wildman–Crippen MR) is 102 cm³/mol. The standard InChI is InChI=1S/C21H16FN3O4/c22-15-5-1-2-6-18(15)27-10-4-3-9-23-21(26)17-12-16(24-25-17)14-7-8-19-20(11-14)29-13-28-19/h1-2,5-8,11-12H,9-10,13H2,(H,23,26)(H,24,25). The number of fused-ring (bicyclic) bond motifs is 1. The molecule has 0 radical (unpaired) electrons. The lowest BCUT2D eigenvalue weighted by atomic mass is 10.1. The molecule has 2 heterocycles. The summed E-state index contributed by atoms with van der Waals surface area (Å²) in [6.07, 6.45) is 0. The molecule has 0 spiro atoms. The second-order valence-electron chi connectivity index (χ2n) is 5.99. The van der Waals surface area contributed by atoms with Crippen LogP contribution in [0.4, 0.5) is 4.39 Å². The molecule has 7 nitrogen and oxygen atoms in total. The molecule has 1 amide bonds. The molecular weight excluding hydrogens is 377 g/mol. The van der Waals surface area contributed by atoms with E-state index in [1.165, 1.54) is 12.1 Å². The van der Waals surface area contributed by atoms with Crippen LogP contribution in [-0.2, 0) is 0 Å². The third kappa shape index (κ3) is 4.30. The van der Waals surface area contributed by atoms with Gasteiger partial charge in [0.1, 0.15) is 12.3 Å². The van der Waals surface area contributed by atoms with Crippen molar-refractivity contribution in [1.29, 1.82) is 0 Å². The van der Waals surface area contributed by atoms with Crippen molar-refractivity contribution in [3.8, 4) is 40.3 Å². The molecule has 146 valence electrons. The van der Waals surface area contributed by atoms with Crippen molar-refractivity contribution in [1.82, 2.24) is 15.5 Å². The van der Waals surface area contributed by atoms with Crippen molar-refractivity contribution < 1.29 is 23.4 Å². The Kier molecular flexibility index (Phi) is 5.29. The lowest BCUT2D eigenvalue weighted by molar-refractivity contribution is 0.0953. The second-order valence-corrected chi connectivity index (χ2v) is 5.99. The molecule has 29 heavy (non-hydrogen) atoms. The minimum absolute atomic E-state index is 0.0229. The van der Waals surface area contributed by atoms with Crippen molar-refractivity contribution >= 4 is 5.91 Å². The molecule has 4 rings (SSSR count). The zero-order valence-electron chi connectivity index (χ0n) is 15.2. The van der Waals surface area contributed by atoms with Crippen LogP contribution in [0.2, 0.25) is 0 Å². The number of benzene rings is 2. The number of rotatable bonds is 5. The number of carbonyl (C=O) groups excluding carboxylic acids is 1. The van der Waals surface area contributed by atoms with E-state index in [9.17, 15) is 9.18 Å². The summed E-state index contributed by atoms with van der Waals surface area (Å²) in [5.74, 6) is 6.14. The molecule has 0 saturated heterocycles. The summed E-state index contributed by atoms with van der Waals surface area (Å²) in [6, 6.07) is 13.2. The zero-order valence-corrected chi connectivity index (χ0v) is 15.2. The SMILES string of the molecule is O=C(NCC#CCOc1ccccc1F)c1cc(-c2ccc3c(c2)OCO3)n[nH]1. The third-order valence-electron chi connectivity index (χ3n) is 4.09. The van der Waals surface area contributed by atoms with Crippen molar-refractivity contribution in [3.05, 3.63) is 60.0 Å². The number of H-pyrrole nitrogens is 1. The topological polar surface area (TPSA) is 85.5 Å². The first-order chi connectivity index (χ1) is 14.2. The van der Waals surface area contributed by atoms with Crippen LogP contribution in [0.15, 0.2) is 48.5 Å². The van der Waals surface area contributed by atoms with Crippen LogP contribution in [0.25, 0.3) is 11.3 Å². The lowest BCUT2D eigenvalue weighted by Crippen LogP contribution is -2.24. The fourth-order valence-corrected chi connectivity index (χ4v) is 2.65. The van der Waals surface area contributed by atoms with Crippen molar-refractivity contribution in [2.75, 3.05) is 19.9 Å². The third-order valence-corrected chi connectivity index (χ3v) is 4.09. The van der Waals surface area contributed by atoms with Gasteiger partial charge in [-0.15, -0.1) is 0 Å². The average Bonchev–Trinajstić information content (AvgIpc) is 3.40. The van der Waals surface area contributed by atoms with Crippen LogP contribution >= 0.6 is 0 Å². The monoisotopic (exact) mass is 393 g/mol. The number of aromatic amines is 1. The first kappa shape index (κ1) is 18.4. The number of ether oxygens (including phenoxy) is 3. The van der Waals surface area contributed by atoms with Gasteiger partial charge >= 0.3 is 0 Å². The van der Waals surface area contributed by atoms with E-state index >= 15 is 0 Å². The molecule has 1 aliphatic heterocycles. The van der Waals surface area contributed by atoms with Crippen LogP contribution in [0.5, 0.6) is 17.2 Å². The van der Waals surface area contributed by atoms with Crippen LogP contribution < -0.4 is 19.5 Å². The van der Waals surface area contributed by atoms with E-state index in [0.29, 0.717) is 22.9 Å². The van der Waals surface area contributed by atoms with Gasteiger partial charge < -0.3 is 19.5 Å². The zero-order chi connectivity index (χ0) is 20.1. The predicted octanol–water partition coefficient (Wildman–Crippen LogP) is 2.76. The molecule has 0 bridgehead atoms. The molecule has 0 aliphatic carbocycles. The number of aromatic nitrogens is 2. The molecule has 1 aromatic heterocycles. The Hall–Kier alpha value is -3.99. The maximum absolute atomic E-state index is 13.4. The van der Waals surface area contributed by atoms with E-state index in [4.69, 9.17) is 14.2 Å². The number of nitrogens with one attached hydrogen (secondary N) is 2. The summed E-state index contributed by atoms with van der Waals surface area (Å²) in [7, 11) is 0. The quantitative estimate of drug-likeness (QED) is 0.651. The lowest BCUT2D eigenvalue weighted by Gasteiger charge is -2.02. The molecule has 0 saturated carbocycles. The van der Waals surface area contributed by atoms with Gasteiger partial charge in [0, 0.05) is 5.56 Å². The van der Waals surface area contributed by atoms with E-state index in [1.54, 1.807) is 30.3 Å². The van der Waals surface area contributed by atoms with Gasteiger partial charge in [-0.1, -0.05) is 24.0 Å². The Balaban J connectivity index is 1.28. The highest BCUT2D eigenvalue weighted by atomic mass is 19.1. The Morgan fingerprint density at radius 2 is 2.03 bits per heavy atom. The van der Waals surface area contributed by atoms with Crippen LogP contribution in [-0.4, -0.2) is 36.0 Å². The number of hydrogen-bond donors (Lipinski definition) is 2. The van der Waals surface area contributed by atoms with Gasteiger partial charge in [0.05, 0.1) is 12.2 Å². The number of carbonyl (C=O) groups is 1. The van der Waals surface area contributed by atoms with Crippen molar-refractivity contribution in [3.63, 3.8) is 0 Å². The van der Waals surface area contributed by atoms with Gasteiger partial charge in [-0.05, 0) is 36.4 Å². The normalized spacial score (nSPS) is 11.5. The largest absolute Gasteiger partial charge is 0.478 e. The van der Waals surface area contributed by atoms with Crippen LogP contribution in [0.1, 0.15) is 10.5 Å². The van der Waals surface area contributed by atoms with Crippen LogP contribution in [0.3, 0.4) is 0 Å². The summed E-state index contributed by atoms with van der Waals surface area (Å²) in [4.78, 5) is 12.2. The Morgan fingerprint density at radius 1 is 1.17 bits per heavy atom. The Bertz CT molecular complexity index is 1100. The van der Waals surface area contributed by atoms with Crippen molar-refractivity contribution in [2.24, 2.45) is 0 Å². The molecule has 0 atom stereocenters. The molecule has 3 aromatic rings. The molecule has 1 aliphatic rings. The molecular formula is C21H16FN3O4. The van der Waals surface area contributed by atoms with Gasteiger partial charge in [-0.3, -0.25) is 9.89 Å². The average molecular weight is 393 g/mol. The number of halogens is 1. The highest BCUT2D eigenvalue weighted by Gasteiger charge is 2.16. The summed E-state index contributed by atoms with van der Waals surface area (Å²) in [5.41, 5.74) is 1.72. The van der Waals surface area contributed by atoms with Gasteiger partial charge in [0.25, 0.3) is 5.91 Å². The highest BCUT2D eigenvalue weighted by Crippen LogP contribution is 2.35. The molecule has 2 aromatic carbocycles. The van der Waals surface area contributed by atoms with Gasteiger partial charge in [0.2, 0.25) is 6.79 Å². The summed E-state index contributed by atoms with van der Waals surface area (Å²) < 4.78 is 29.2. The minimum Gasteiger partial charge on any atom is -0.478 e. The smallest absolute Gasteiger partial charge is 0.270 e. The van der Waals surface area contributed by atoms with E-state index in [1.807, 2.05) is 6.07 Å². The Morgan fingerprint density at radius 3 is 2.93 bits per heavy atom. The number of para-hydroxylation sites is 1. The first-order valence-electron chi connectivity index (χ1n) is 8.77. The first-order valence-corrected chi connectivity index (χ1v) is 8.77. The van der Waals surface area contributed by atoms with Gasteiger partial charge in [-0.25, -0.2) is 4.39 Å². The molecule has 2 N–H and O–H groups in total. The minimum atomic E-state index is -0.444. The van der Waals surface area contributed by atoms with E-state index < -0.39 is 5.82 Å². The maximum Gasteiger partial charge on any atom is 0.270 e. The summed E-state index contributed by atoms with van der Waals surface area (Å²) in [6.45, 7) is 0.340. The number of nitrogens with zero attached hydrogens (tertiary/aromatic N) is 1. The van der Waals surface area contributed by atoms with Gasteiger partial charge in [-0.2, -0.15) is 5.10 Å². The Labute approximate surface area is 165 Å². The van der Waals surface area contributed by atoms with E-state index in [-0.39, 0.29) is 31.6 Å². The fourth-order valence-electron chi connectivity index (χ4n) is 2.65. The fraction of sp³-hybridized carbons (Fsp3) is 0.143. The molecule has 0 fully saturated rings. The van der Waals surface area contributed by atoms with Crippen molar-refractivity contribution in [2.45, 2.75) is 0 Å². The van der Waals surface area contributed by atoms with Crippen LogP contribution in [0, 0.1) is 17.7 Å². The summed E-state index contributed by atoms with van der Waals surface area (Å²) >= 11 is 0. The summed E-state index contributed by atoms with van der Waals surface area (Å²) in [5, 5.41) is 9.52. The van der Waals surface area contributed by atoms with E-state index in [2.05, 4.69) is 27.4 Å². The van der Waals surface area contributed by atoms with E-state index in [0.717, 1.165) is 5.56 Å². The van der Waals surface area contributed by atoms with Gasteiger partial charge in [0.15, 0.2) is 23.1 Å². The number of amides is 1. The molecule has 0 unspecified atom stereocenters.